The van der Waals surface area contributed by atoms with Gasteiger partial charge in [0, 0.05) is 23.1 Å². The number of ketones is 1. The number of methoxy groups -OCH3 is 1. The van der Waals surface area contributed by atoms with Gasteiger partial charge in [0.1, 0.15) is 11.5 Å². The molecular formula is C20H20O4. The maximum absolute atomic E-state index is 13.3. The fourth-order valence-electron chi connectivity index (χ4n) is 4.53. The second kappa shape index (κ2) is 4.61. The summed E-state index contributed by atoms with van der Waals surface area (Å²) in [5, 5.41) is 21.9. The maximum Gasteiger partial charge on any atom is 0.199 e. The summed E-state index contributed by atoms with van der Waals surface area (Å²) in [5.41, 5.74) is 0.675. The number of phenolic OH excluding ortho intramolecular Hbond substituents is 1. The Bertz CT molecular complexity index is 868. The predicted octanol–water partition coefficient (Wildman–Crippen LogP) is 2.93. The molecule has 0 aliphatic heterocycles. The molecule has 0 saturated heterocycles. The van der Waals surface area contributed by atoms with Crippen molar-refractivity contribution in [3.05, 3.63) is 58.7 Å². The van der Waals surface area contributed by atoms with Crippen LogP contribution in [0.3, 0.4) is 0 Å². The molecule has 0 amide bonds. The number of carbonyl (C=O) groups is 1. The summed E-state index contributed by atoms with van der Waals surface area (Å²) >= 11 is 0. The molecule has 2 N–H and O–H groups in total. The summed E-state index contributed by atoms with van der Waals surface area (Å²) in [7, 11) is 1.49. The van der Waals surface area contributed by atoms with Crippen molar-refractivity contribution in [2.75, 3.05) is 7.11 Å². The van der Waals surface area contributed by atoms with E-state index in [2.05, 4.69) is 0 Å². The van der Waals surface area contributed by atoms with Crippen LogP contribution in [0.15, 0.2) is 36.4 Å². The summed E-state index contributed by atoms with van der Waals surface area (Å²) < 4.78 is 5.17. The molecule has 0 spiro atoms. The van der Waals surface area contributed by atoms with E-state index >= 15 is 0 Å². The van der Waals surface area contributed by atoms with Crippen molar-refractivity contribution in [1.29, 1.82) is 0 Å². The Morgan fingerprint density at radius 1 is 1.17 bits per heavy atom. The lowest BCUT2D eigenvalue weighted by molar-refractivity contribution is -0.0181. The molecule has 2 atom stereocenters. The molecule has 0 fully saturated rings. The quantitative estimate of drug-likeness (QED) is 0.846. The third kappa shape index (κ3) is 1.64. The molecule has 0 heterocycles. The fourth-order valence-corrected chi connectivity index (χ4v) is 4.53. The molecule has 2 aliphatic carbocycles. The largest absolute Gasteiger partial charge is 0.508 e. The first-order valence-electron chi connectivity index (χ1n) is 8.08. The predicted molar refractivity (Wildman–Crippen MR) is 89.5 cm³/mol. The minimum absolute atomic E-state index is 0.0477. The molecule has 0 bridgehead atoms. The molecule has 0 saturated carbocycles. The van der Waals surface area contributed by atoms with Crippen LogP contribution in [0.25, 0.3) is 0 Å². The van der Waals surface area contributed by atoms with Crippen LogP contribution in [0, 0.1) is 5.92 Å². The first kappa shape index (κ1) is 15.2. The topological polar surface area (TPSA) is 66.8 Å². The Labute approximate surface area is 140 Å². The van der Waals surface area contributed by atoms with Crippen molar-refractivity contribution in [3.63, 3.8) is 0 Å². The van der Waals surface area contributed by atoms with Gasteiger partial charge < -0.3 is 14.9 Å². The van der Waals surface area contributed by atoms with Crippen molar-refractivity contribution in [3.8, 4) is 11.5 Å². The highest BCUT2D eigenvalue weighted by Gasteiger charge is 2.61. The Morgan fingerprint density at radius 3 is 2.50 bits per heavy atom. The van der Waals surface area contributed by atoms with Crippen molar-refractivity contribution in [2.45, 2.75) is 31.3 Å². The Balaban J connectivity index is 2.00. The smallest absolute Gasteiger partial charge is 0.199 e. The first-order valence-corrected chi connectivity index (χ1v) is 8.08. The van der Waals surface area contributed by atoms with E-state index in [1.165, 1.54) is 13.2 Å². The highest BCUT2D eigenvalue weighted by atomic mass is 16.5. The number of fused-ring (bicyclic) bond motifs is 4. The van der Waals surface area contributed by atoms with Gasteiger partial charge in [0.25, 0.3) is 0 Å². The van der Waals surface area contributed by atoms with E-state index in [9.17, 15) is 15.0 Å². The zero-order chi connectivity index (χ0) is 17.3. The molecule has 124 valence electrons. The van der Waals surface area contributed by atoms with Crippen LogP contribution in [-0.2, 0) is 17.4 Å². The van der Waals surface area contributed by atoms with E-state index in [1.807, 2.05) is 38.1 Å². The lowest BCUT2D eigenvalue weighted by Crippen LogP contribution is -2.48. The number of hydrogen-bond donors (Lipinski definition) is 2. The van der Waals surface area contributed by atoms with Gasteiger partial charge in [-0.3, -0.25) is 4.79 Å². The van der Waals surface area contributed by atoms with E-state index < -0.39 is 5.60 Å². The molecular weight excluding hydrogens is 304 g/mol. The molecule has 4 nitrogen and oxygen atoms in total. The van der Waals surface area contributed by atoms with E-state index in [0.717, 1.165) is 5.56 Å². The third-order valence-electron chi connectivity index (χ3n) is 5.84. The van der Waals surface area contributed by atoms with Crippen molar-refractivity contribution in [2.24, 2.45) is 5.92 Å². The standard InChI is InChI=1S/C20H20O4/c1-19(2)14-6-4-5-7-15(14)20(23)17(19)10-12-13(18(20)22)8-11(24-3)9-16(12)21/h4-9,17,21,23H,10H2,1-3H3/t17-,20-/m1/s1. The number of benzene rings is 2. The van der Waals surface area contributed by atoms with E-state index in [0.29, 0.717) is 28.9 Å². The number of aromatic hydroxyl groups is 1. The van der Waals surface area contributed by atoms with Crippen molar-refractivity contribution >= 4 is 5.78 Å². The molecule has 0 aromatic heterocycles. The molecule has 4 rings (SSSR count). The lowest BCUT2D eigenvalue weighted by Gasteiger charge is -2.40. The number of hydrogen-bond acceptors (Lipinski definition) is 4. The molecule has 4 heteroatoms. The van der Waals surface area contributed by atoms with Gasteiger partial charge >= 0.3 is 0 Å². The Morgan fingerprint density at radius 2 is 1.83 bits per heavy atom. The van der Waals surface area contributed by atoms with Gasteiger partial charge in [-0.1, -0.05) is 38.1 Å². The van der Waals surface area contributed by atoms with E-state index in [-0.39, 0.29) is 22.9 Å². The second-order valence-electron chi connectivity index (χ2n) is 7.29. The molecule has 0 radical (unpaired) electrons. The second-order valence-corrected chi connectivity index (χ2v) is 7.29. The number of rotatable bonds is 1. The fraction of sp³-hybridized carbons (Fsp3) is 0.350. The summed E-state index contributed by atoms with van der Waals surface area (Å²) in [4.78, 5) is 13.3. The number of carbonyl (C=O) groups excluding carboxylic acids is 1. The van der Waals surface area contributed by atoms with Crippen LogP contribution in [-0.4, -0.2) is 23.1 Å². The average Bonchev–Trinajstić information content (AvgIpc) is 2.75. The highest BCUT2D eigenvalue weighted by Crippen LogP contribution is 2.58. The summed E-state index contributed by atoms with van der Waals surface area (Å²) in [6, 6.07) is 10.7. The van der Waals surface area contributed by atoms with Gasteiger partial charge in [-0.15, -0.1) is 0 Å². The van der Waals surface area contributed by atoms with Crippen LogP contribution < -0.4 is 4.74 Å². The number of aliphatic hydroxyl groups is 1. The average molecular weight is 324 g/mol. The van der Waals surface area contributed by atoms with Gasteiger partial charge in [0.15, 0.2) is 11.4 Å². The SMILES string of the molecule is COc1cc(O)c2c(c1)C(=O)[C@@]1(O)c3ccccc3C(C)(C)[C@H]1C2. The molecule has 2 aliphatic rings. The summed E-state index contributed by atoms with van der Waals surface area (Å²) in [6.07, 6.45) is 0.440. The van der Waals surface area contributed by atoms with Crippen molar-refractivity contribution < 1.29 is 19.7 Å². The van der Waals surface area contributed by atoms with Crippen molar-refractivity contribution in [1.82, 2.24) is 0 Å². The van der Waals surface area contributed by atoms with Gasteiger partial charge in [-0.2, -0.15) is 0 Å². The van der Waals surface area contributed by atoms with Crippen LogP contribution in [0.5, 0.6) is 11.5 Å². The van der Waals surface area contributed by atoms with Crippen LogP contribution >= 0.6 is 0 Å². The first-order chi connectivity index (χ1) is 11.3. The zero-order valence-electron chi connectivity index (χ0n) is 14.0. The van der Waals surface area contributed by atoms with Gasteiger partial charge in [-0.25, -0.2) is 0 Å². The normalized spacial score (nSPS) is 26.5. The lowest BCUT2D eigenvalue weighted by atomic mass is 9.65. The number of ether oxygens (including phenoxy) is 1. The number of Topliss-reactive ketones (excluding diaryl/α,β-unsaturated/α-hetero) is 1. The Hall–Kier alpha value is -2.33. The minimum atomic E-state index is -1.56. The van der Waals surface area contributed by atoms with Crippen LogP contribution in [0.1, 0.15) is 40.9 Å². The minimum Gasteiger partial charge on any atom is -0.508 e. The molecule has 2 aromatic rings. The molecule has 24 heavy (non-hydrogen) atoms. The summed E-state index contributed by atoms with van der Waals surface area (Å²) in [5.74, 6) is -0.221. The van der Waals surface area contributed by atoms with Crippen LogP contribution in [0.2, 0.25) is 0 Å². The Kier molecular flexibility index (Phi) is 2.92. The van der Waals surface area contributed by atoms with Gasteiger partial charge in [0.05, 0.1) is 7.11 Å². The third-order valence-corrected chi connectivity index (χ3v) is 5.84. The zero-order valence-corrected chi connectivity index (χ0v) is 14.0. The van der Waals surface area contributed by atoms with E-state index in [1.54, 1.807) is 6.07 Å². The molecule has 2 aromatic carbocycles. The number of phenols is 1. The monoisotopic (exact) mass is 324 g/mol. The highest BCUT2D eigenvalue weighted by molar-refractivity contribution is 6.07. The summed E-state index contributed by atoms with van der Waals surface area (Å²) in [6.45, 7) is 4.10. The molecule has 0 unspecified atom stereocenters. The van der Waals surface area contributed by atoms with Gasteiger partial charge in [-0.05, 0) is 29.0 Å². The van der Waals surface area contributed by atoms with E-state index in [4.69, 9.17) is 4.74 Å². The van der Waals surface area contributed by atoms with Gasteiger partial charge in [0.2, 0.25) is 0 Å². The maximum atomic E-state index is 13.3. The van der Waals surface area contributed by atoms with Crippen LogP contribution in [0.4, 0.5) is 0 Å².